The summed E-state index contributed by atoms with van der Waals surface area (Å²) in [5.74, 6) is -0.874. The standard InChI is InChI=1S/C64H110O6/c1-4-7-10-13-16-19-21-22-23-24-25-26-27-28-29-30-31-32-33-34-35-36-37-38-39-40-41-42-44-45-48-51-54-57-63(66)69-60-61(59-68-62(65)56-53-50-47-18-15-12-9-6-3)70-64(67)58-55-52-49-46-43-20-17-14-11-8-5-2/h7,10,16,19,22-23,25-26,28-29,31-32,34-35,61H,4-6,8-9,11-15,17-18,20-21,24,27,30,33,36-60H2,1-3H3/b10-7-,19-16-,23-22-,26-25-,29-28-,32-31-,35-34-. The number of hydrogen-bond acceptors (Lipinski definition) is 6. The van der Waals surface area contributed by atoms with Gasteiger partial charge in [0.2, 0.25) is 0 Å². The molecule has 0 fully saturated rings. The Labute approximate surface area is 433 Å². The number of carbonyl (C=O) groups excluding carboxylic acids is 3. The van der Waals surface area contributed by atoms with Crippen LogP contribution in [-0.4, -0.2) is 37.2 Å². The summed E-state index contributed by atoms with van der Waals surface area (Å²) < 4.78 is 16.8. The normalized spacial score (nSPS) is 12.7. The van der Waals surface area contributed by atoms with E-state index in [1.54, 1.807) is 0 Å². The van der Waals surface area contributed by atoms with Gasteiger partial charge in [0, 0.05) is 19.3 Å². The molecule has 0 aromatic heterocycles. The Morgan fingerprint density at radius 3 is 0.871 bits per heavy atom. The highest BCUT2D eigenvalue weighted by atomic mass is 16.6. The summed E-state index contributed by atoms with van der Waals surface area (Å²) in [6.07, 6.45) is 76.0. The van der Waals surface area contributed by atoms with Crippen molar-refractivity contribution in [2.24, 2.45) is 0 Å². The highest BCUT2D eigenvalue weighted by Crippen LogP contribution is 2.16. The van der Waals surface area contributed by atoms with E-state index in [1.807, 2.05) is 0 Å². The first-order valence-electron chi connectivity index (χ1n) is 29.6. The summed E-state index contributed by atoms with van der Waals surface area (Å²) in [6.45, 7) is 6.50. The summed E-state index contributed by atoms with van der Waals surface area (Å²) >= 11 is 0. The summed E-state index contributed by atoms with van der Waals surface area (Å²) in [6, 6.07) is 0. The minimum Gasteiger partial charge on any atom is -0.462 e. The lowest BCUT2D eigenvalue weighted by molar-refractivity contribution is -0.167. The second-order valence-corrected chi connectivity index (χ2v) is 19.5. The Balaban J connectivity index is 4.05. The molecule has 0 aromatic carbocycles. The molecule has 6 heteroatoms. The van der Waals surface area contributed by atoms with Gasteiger partial charge in [-0.2, -0.15) is 0 Å². The van der Waals surface area contributed by atoms with Gasteiger partial charge < -0.3 is 14.2 Å². The molecular formula is C64H110O6. The number of carbonyl (C=O) groups is 3. The summed E-state index contributed by atoms with van der Waals surface area (Å²) in [4.78, 5) is 37.9. The third kappa shape index (κ3) is 55.5. The van der Waals surface area contributed by atoms with E-state index in [4.69, 9.17) is 14.2 Å². The van der Waals surface area contributed by atoms with Gasteiger partial charge in [0.15, 0.2) is 6.10 Å². The van der Waals surface area contributed by atoms with Crippen molar-refractivity contribution >= 4 is 17.9 Å². The van der Waals surface area contributed by atoms with Crippen molar-refractivity contribution in [1.82, 2.24) is 0 Å². The van der Waals surface area contributed by atoms with Crippen molar-refractivity contribution in [3.05, 3.63) is 85.1 Å². The molecule has 0 rings (SSSR count). The Hall–Kier alpha value is -3.41. The molecule has 70 heavy (non-hydrogen) atoms. The van der Waals surface area contributed by atoms with Crippen LogP contribution in [0.5, 0.6) is 0 Å². The van der Waals surface area contributed by atoms with Gasteiger partial charge in [-0.25, -0.2) is 0 Å². The number of allylic oxidation sites excluding steroid dienone is 14. The number of esters is 3. The maximum absolute atomic E-state index is 12.8. The zero-order chi connectivity index (χ0) is 50.7. The van der Waals surface area contributed by atoms with Gasteiger partial charge in [0.1, 0.15) is 13.2 Å². The van der Waals surface area contributed by atoms with Gasteiger partial charge in [-0.15, -0.1) is 0 Å². The van der Waals surface area contributed by atoms with Crippen LogP contribution in [0.4, 0.5) is 0 Å². The molecule has 0 saturated heterocycles. The van der Waals surface area contributed by atoms with E-state index >= 15 is 0 Å². The molecule has 1 atom stereocenters. The van der Waals surface area contributed by atoms with Crippen LogP contribution in [0.25, 0.3) is 0 Å². The van der Waals surface area contributed by atoms with Crippen LogP contribution in [0.2, 0.25) is 0 Å². The van der Waals surface area contributed by atoms with Crippen LogP contribution in [0.1, 0.15) is 284 Å². The summed E-state index contributed by atoms with van der Waals surface area (Å²) in [5.41, 5.74) is 0. The molecular weight excluding hydrogens is 865 g/mol. The highest BCUT2D eigenvalue weighted by molar-refractivity contribution is 5.71. The monoisotopic (exact) mass is 975 g/mol. The molecule has 0 heterocycles. The second kappa shape index (κ2) is 58.2. The average Bonchev–Trinajstić information content (AvgIpc) is 3.36. The van der Waals surface area contributed by atoms with E-state index in [0.717, 1.165) is 103 Å². The largest absolute Gasteiger partial charge is 0.462 e. The quantitative estimate of drug-likeness (QED) is 0.0261. The fourth-order valence-electron chi connectivity index (χ4n) is 8.25. The van der Waals surface area contributed by atoms with Crippen LogP contribution >= 0.6 is 0 Å². The van der Waals surface area contributed by atoms with Crippen LogP contribution in [0, 0.1) is 0 Å². The molecule has 0 aromatic rings. The average molecular weight is 976 g/mol. The minimum atomic E-state index is -0.770. The third-order valence-electron chi connectivity index (χ3n) is 12.7. The van der Waals surface area contributed by atoms with Crippen molar-refractivity contribution in [3.8, 4) is 0 Å². The Morgan fingerprint density at radius 1 is 0.300 bits per heavy atom. The first-order chi connectivity index (χ1) is 34.5. The lowest BCUT2D eigenvalue weighted by Crippen LogP contribution is -2.30. The van der Waals surface area contributed by atoms with Crippen molar-refractivity contribution < 1.29 is 28.6 Å². The van der Waals surface area contributed by atoms with E-state index in [0.29, 0.717) is 19.3 Å². The topological polar surface area (TPSA) is 78.9 Å². The van der Waals surface area contributed by atoms with Crippen molar-refractivity contribution in [3.63, 3.8) is 0 Å². The first kappa shape index (κ1) is 66.6. The highest BCUT2D eigenvalue weighted by Gasteiger charge is 2.19. The number of hydrogen-bond donors (Lipinski definition) is 0. The fourth-order valence-corrected chi connectivity index (χ4v) is 8.25. The zero-order valence-electron chi connectivity index (χ0n) is 46.0. The van der Waals surface area contributed by atoms with Crippen molar-refractivity contribution in [1.29, 1.82) is 0 Å². The number of unbranched alkanes of at least 4 members (excludes halogenated alkanes) is 28. The van der Waals surface area contributed by atoms with Crippen LogP contribution in [0.3, 0.4) is 0 Å². The Morgan fingerprint density at radius 2 is 0.557 bits per heavy atom. The number of rotatable bonds is 53. The lowest BCUT2D eigenvalue weighted by Gasteiger charge is -2.18. The fraction of sp³-hybridized carbons (Fsp3) is 0.734. The molecule has 0 spiro atoms. The molecule has 0 N–H and O–H groups in total. The summed E-state index contributed by atoms with van der Waals surface area (Å²) in [5, 5.41) is 0. The lowest BCUT2D eigenvalue weighted by atomic mass is 10.0. The first-order valence-corrected chi connectivity index (χ1v) is 29.6. The summed E-state index contributed by atoms with van der Waals surface area (Å²) in [7, 11) is 0. The van der Waals surface area contributed by atoms with Crippen molar-refractivity contribution in [2.45, 2.75) is 290 Å². The molecule has 0 saturated carbocycles. The molecule has 0 aliphatic heterocycles. The zero-order valence-corrected chi connectivity index (χ0v) is 46.0. The molecule has 0 amide bonds. The maximum atomic E-state index is 12.8. The smallest absolute Gasteiger partial charge is 0.306 e. The van der Waals surface area contributed by atoms with E-state index in [1.165, 1.54) is 141 Å². The van der Waals surface area contributed by atoms with Crippen LogP contribution in [-0.2, 0) is 28.6 Å². The Kier molecular flexibility index (Phi) is 55.3. The van der Waals surface area contributed by atoms with Gasteiger partial charge in [-0.3, -0.25) is 14.4 Å². The van der Waals surface area contributed by atoms with E-state index in [2.05, 4.69) is 106 Å². The molecule has 0 aliphatic rings. The van der Waals surface area contributed by atoms with Gasteiger partial charge >= 0.3 is 17.9 Å². The van der Waals surface area contributed by atoms with Gasteiger partial charge in [0.25, 0.3) is 0 Å². The van der Waals surface area contributed by atoms with Gasteiger partial charge in [-0.05, 0) is 77.0 Å². The Bertz CT molecular complexity index is 1350. The van der Waals surface area contributed by atoms with Gasteiger partial charge in [0.05, 0.1) is 0 Å². The number of ether oxygens (including phenoxy) is 3. The molecule has 0 bridgehead atoms. The van der Waals surface area contributed by atoms with Gasteiger partial charge in [-0.1, -0.05) is 273 Å². The molecule has 1 unspecified atom stereocenters. The minimum absolute atomic E-state index is 0.0726. The maximum Gasteiger partial charge on any atom is 0.306 e. The third-order valence-corrected chi connectivity index (χ3v) is 12.7. The SMILES string of the molecule is CC/C=C\C/C=C\C/C=C\C/C=C\C/C=C\C/C=C\C/C=C\CCCCCCCCCCCCCC(=O)OCC(COC(=O)CCCCCCCCCC)OC(=O)CCCCCCCCCCCCC. The predicted molar refractivity (Wildman–Crippen MR) is 302 cm³/mol. The predicted octanol–water partition coefficient (Wildman–Crippen LogP) is 19.9. The van der Waals surface area contributed by atoms with Crippen LogP contribution < -0.4 is 0 Å². The second-order valence-electron chi connectivity index (χ2n) is 19.5. The van der Waals surface area contributed by atoms with Crippen molar-refractivity contribution in [2.75, 3.05) is 13.2 Å². The van der Waals surface area contributed by atoms with Crippen LogP contribution in [0.15, 0.2) is 85.1 Å². The van der Waals surface area contributed by atoms with E-state index in [-0.39, 0.29) is 31.1 Å². The molecule has 0 radical (unpaired) electrons. The molecule has 6 nitrogen and oxygen atoms in total. The van der Waals surface area contributed by atoms with E-state index < -0.39 is 6.10 Å². The molecule has 402 valence electrons. The van der Waals surface area contributed by atoms with E-state index in [9.17, 15) is 14.4 Å². The molecule has 0 aliphatic carbocycles.